The number of nitrogens with zero attached hydrogens (tertiary/aromatic N) is 2. The molecular weight excluding hydrogens is 264 g/mol. The highest BCUT2D eigenvalue weighted by molar-refractivity contribution is 7.99. The van der Waals surface area contributed by atoms with Crippen LogP contribution >= 0.6 is 23.4 Å². The van der Waals surface area contributed by atoms with E-state index in [-0.39, 0.29) is 0 Å². The van der Waals surface area contributed by atoms with Crippen molar-refractivity contribution in [3.8, 4) is 0 Å². The molecule has 0 N–H and O–H groups in total. The van der Waals surface area contributed by atoms with Crippen LogP contribution in [0.15, 0.2) is 12.1 Å². The molecule has 0 atom stereocenters. The van der Waals surface area contributed by atoms with Crippen LogP contribution in [-0.2, 0) is 12.3 Å². The summed E-state index contributed by atoms with van der Waals surface area (Å²) < 4.78 is 0. The Morgan fingerprint density at radius 1 is 1.39 bits per heavy atom. The molecule has 0 aliphatic carbocycles. The first-order valence-electron chi connectivity index (χ1n) is 6.60. The Morgan fingerprint density at radius 2 is 2.11 bits per heavy atom. The zero-order valence-corrected chi connectivity index (χ0v) is 12.7. The van der Waals surface area contributed by atoms with Crippen LogP contribution in [0.25, 0.3) is 0 Å². The molecule has 2 rings (SSSR count). The van der Waals surface area contributed by atoms with E-state index >= 15 is 0 Å². The van der Waals surface area contributed by atoms with Crippen molar-refractivity contribution in [2.75, 3.05) is 24.2 Å². The number of pyridine rings is 1. The Hall–Kier alpha value is -0.410. The lowest BCUT2D eigenvalue weighted by molar-refractivity contribution is 0.586. The fourth-order valence-corrected chi connectivity index (χ4v) is 3.21. The van der Waals surface area contributed by atoms with Gasteiger partial charge in [0, 0.05) is 29.9 Å². The summed E-state index contributed by atoms with van der Waals surface area (Å²) in [6, 6.07) is 4.26. The van der Waals surface area contributed by atoms with Gasteiger partial charge < -0.3 is 4.90 Å². The van der Waals surface area contributed by atoms with Gasteiger partial charge in [0.1, 0.15) is 5.82 Å². The van der Waals surface area contributed by atoms with Crippen LogP contribution in [0.1, 0.15) is 31.0 Å². The van der Waals surface area contributed by atoms with Crippen LogP contribution in [0.5, 0.6) is 0 Å². The molecule has 0 saturated carbocycles. The first kappa shape index (κ1) is 14.0. The predicted molar refractivity (Wildman–Crippen MR) is 81.9 cm³/mol. The number of hydrogen-bond donors (Lipinski definition) is 0. The Bertz CT molecular complexity index is 367. The molecule has 1 fully saturated rings. The fraction of sp³-hybridized carbons (Fsp3) is 0.643. The highest BCUT2D eigenvalue weighted by Crippen LogP contribution is 2.25. The van der Waals surface area contributed by atoms with Crippen LogP contribution in [0.4, 0.5) is 5.82 Å². The monoisotopic (exact) mass is 284 g/mol. The van der Waals surface area contributed by atoms with E-state index in [1.54, 1.807) is 0 Å². The van der Waals surface area contributed by atoms with Crippen molar-refractivity contribution < 1.29 is 0 Å². The number of anilines is 1. The number of aromatic nitrogens is 1. The van der Waals surface area contributed by atoms with Gasteiger partial charge in [-0.1, -0.05) is 6.92 Å². The molecule has 0 spiro atoms. The maximum atomic E-state index is 5.96. The van der Waals surface area contributed by atoms with Gasteiger partial charge in [0.2, 0.25) is 0 Å². The summed E-state index contributed by atoms with van der Waals surface area (Å²) >= 11 is 7.95. The highest BCUT2D eigenvalue weighted by Gasteiger charge is 2.19. The van der Waals surface area contributed by atoms with Crippen LogP contribution in [-0.4, -0.2) is 29.6 Å². The molecule has 4 heteroatoms. The zero-order valence-electron chi connectivity index (χ0n) is 11.2. The molecule has 100 valence electrons. The second-order valence-electron chi connectivity index (χ2n) is 4.73. The van der Waals surface area contributed by atoms with E-state index in [4.69, 9.17) is 16.6 Å². The number of piperidine rings is 1. The van der Waals surface area contributed by atoms with Crippen LogP contribution in [0.3, 0.4) is 0 Å². The molecule has 1 aromatic heterocycles. The lowest BCUT2D eigenvalue weighted by Gasteiger charge is -2.32. The van der Waals surface area contributed by atoms with Gasteiger partial charge in [-0.25, -0.2) is 4.98 Å². The van der Waals surface area contributed by atoms with Gasteiger partial charge in [0.25, 0.3) is 0 Å². The summed E-state index contributed by atoms with van der Waals surface area (Å²) in [7, 11) is 0. The van der Waals surface area contributed by atoms with Gasteiger partial charge in [-0.15, -0.1) is 11.6 Å². The van der Waals surface area contributed by atoms with Crippen molar-refractivity contribution >= 4 is 29.2 Å². The smallest absolute Gasteiger partial charge is 0.129 e. The lowest BCUT2D eigenvalue weighted by Crippen LogP contribution is -2.35. The van der Waals surface area contributed by atoms with E-state index in [0.717, 1.165) is 36.3 Å². The topological polar surface area (TPSA) is 16.1 Å². The Kier molecular flexibility index (Phi) is 5.19. The van der Waals surface area contributed by atoms with Crippen molar-refractivity contribution in [2.45, 2.75) is 37.3 Å². The molecule has 1 aliphatic rings. The predicted octanol–water partition coefficient (Wildman–Crippen LogP) is 3.71. The SMILES string of the molecule is CCc1cc(CCl)cc(N2CCC(SC)CC2)n1. The maximum Gasteiger partial charge on any atom is 0.129 e. The third-order valence-corrected chi connectivity index (χ3v) is 4.99. The van der Waals surface area contributed by atoms with E-state index in [9.17, 15) is 0 Å². The fourth-order valence-electron chi connectivity index (χ4n) is 2.37. The van der Waals surface area contributed by atoms with Crippen molar-refractivity contribution in [1.82, 2.24) is 4.98 Å². The molecule has 0 unspecified atom stereocenters. The molecule has 2 heterocycles. The van der Waals surface area contributed by atoms with Crippen molar-refractivity contribution in [3.05, 3.63) is 23.4 Å². The first-order valence-corrected chi connectivity index (χ1v) is 8.42. The number of alkyl halides is 1. The number of hydrogen-bond acceptors (Lipinski definition) is 3. The minimum atomic E-state index is 0.573. The normalized spacial score (nSPS) is 17.2. The van der Waals surface area contributed by atoms with Crippen LogP contribution in [0.2, 0.25) is 0 Å². The summed E-state index contributed by atoms with van der Waals surface area (Å²) in [6.45, 7) is 4.38. The largest absolute Gasteiger partial charge is 0.357 e. The van der Waals surface area contributed by atoms with E-state index in [1.165, 1.54) is 18.4 Å². The Labute approximate surface area is 119 Å². The van der Waals surface area contributed by atoms with E-state index in [2.05, 4.69) is 30.2 Å². The minimum Gasteiger partial charge on any atom is -0.357 e. The molecule has 2 nitrogen and oxygen atoms in total. The second kappa shape index (κ2) is 6.67. The lowest BCUT2D eigenvalue weighted by atomic mass is 10.1. The standard InChI is InChI=1S/C14H21ClN2S/c1-3-12-8-11(10-15)9-14(16-12)17-6-4-13(18-2)5-7-17/h8-9,13H,3-7,10H2,1-2H3. The summed E-state index contributed by atoms with van der Waals surface area (Å²) in [5, 5.41) is 0.822. The third-order valence-electron chi connectivity index (χ3n) is 3.54. The Balaban J connectivity index is 2.13. The van der Waals surface area contributed by atoms with Gasteiger partial charge >= 0.3 is 0 Å². The summed E-state index contributed by atoms with van der Waals surface area (Å²) in [6.07, 6.45) is 5.70. The summed E-state index contributed by atoms with van der Waals surface area (Å²) in [5.74, 6) is 1.69. The maximum absolute atomic E-state index is 5.96. The molecule has 1 aromatic rings. The van der Waals surface area contributed by atoms with Gasteiger partial charge in [0.15, 0.2) is 0 Å². The molecule has 18 heavy (non-hydrogen) atoms. The quantitative estimate of drug-likeness (QED) is 0.784. The average Bonchev–Trinajstić information content (AvgIpc) is 2.46. The molecule has 0 bridgehead atoms. The summed E-state index contributed by atoms with van der Waals surface area (Å²) in [5.41, 5.74) is 2.33. The van der Waals surface area contributed by atoms with Gasteiger partial charge in [-0.2, -0.15) is 11.8 Å². The van der Waals surface area contributed by atoms with Gasteiger partial charge in [-0.05, 0) is 43.2 Å². The number of aryl methyl sites for hydroxylation is 1. The minimum absolute atomic E-state index is 0.573. The van der Waals surface area contributed by atoms with Crippen molar-refractivity contribution in [3.63, 3.8) is 0 Å². The van der Waals surface area contributed by atoms with Gasteiger partial charge in [-0.3, -0.25) is 0 Å². The average molecular weight is 285 g/mol. The highest BCUT2D eigenvalue weighted by atomic mass is 35.5. The van der Waals surface area contributed by atoms with Crippen LogP contribution < -0.4 is 4.90 Å². The molecule has 0 amide bonds. The molecular formula is C14H21ClN2S. The molecule has 0 aromatic carbocycles. The Morgan fingerprint density at radius 3 is 2.67 bits per heavy atom. The van der Waals surface area contributed by atoms with Crippen molar-refractivity contribution in [2.24, 2.45) is 0 Å². The zero-order chi connectivity index (χ0) is 13.0. The second-order valence-corrected chi connectivity index (χ2v) is 6.14. The number of rotatable bonds is 4. The molecule has 1 aliphatic heterocycles. The van der Waals surface area contributed by atoms with Crippen LogP contribution in [0, 0.1) is 0 Å². The van der Waals surface area contributed by atoms with E-state index < -0.39 is 0 Å². The number of thioether (sulfide) groups is 1. The summed E-state index contributed by atoms with van der Waals surface area (Å²) in [4.78, 5) is 7.14. The van der Waals surface area contributed by atoms with E-state index in [0.29, 0.717) is 5.88 Å². The molecule has 0 radical (unpaired) electrons. The first-order chi connectivity index (χ1) is 8.76. The van der Waals surface area contributed by atoms with Gasteiger partial charge in [0.05, 0.1) is 0 Å². The molecule has 1 saturated heterocycles. The third kappa shape index (κ3) is 3.33. The van der Waals surface area contributed by atoms with Crippen molar-refractivity contribution in [1.29, 1.82) is 0 Å². The number of halogens is 1. The van der Waals surface area contributed by atoms with E-state index in [1.807, 2.05) is 11.8 Å².